The van der Waals surface area contributed by atoms with Gasteiger partial charge in [-0.05, 0) is 59.5 Å². The van der Waals surface area contributed by atoms with E-state index in [2.05, 4.69) is 29.4 Å². The van der Waals surface area contributed by atoms with Crippen LogP contribution in [-0.4, -0.2) is 25.1 Å². The van der Waals surface area contributed by atoms with Crippen molar-refractivity contribution in [1.29, 1.82) is 0 Å². The summed E-state index contributed by atoms with van der Waals surface area (Å²) in [4.78, 5) is 16.5. The van der Waals surface area contributed by atoms with E-state index in [1.807, 2.05) is 30.5 Å². The highest BCUT2D eigenvalue weighted by molar-refractivity contribution is 5.93. The predicted octanol–water partition coefficient (Wildman–Crippen LogP) is 6.05. The molecule has 2 N–H and O–H groups in total. The van der Waals surface area contributed by atoms with E-state index >= 15 is 0 Å². The normalized spacial score (nSPS) is 11.9. The molecular weight excluding hydrogens is 419 g/mol. The maximum absolute atomic E-state index is 13.3. The summed E-state index contributed by atoms with van der Waals surface area (Å²) >= 11 is 0. The van der Waals surface area contributed by atoms with E-state index in [4.69, 9.17) is 9.47 Å². The number of para-hydroxylation sites is 1. The number of hydrogen-bond acceptors (Lipinski definition) is 3. The molecule has 4 rings (SSSR count). The van der Waals surface area contributed by atoms with Crippen LogP contribution < -0.4 is 14.8 Å². The van der Waals surface area contributed by atoms with Crippen molar-refractivity contribution in [3.8, 4) is 11.5 Å². The Balaban J connectivity index is 1.76. The highest BCUT2D eigenvalue weighted by Crippen LogP contribution is 2.38. The molecule has 1 unspecified atom stereocenters. The Morgan fingerprint density at radius 2 is 1.73 bits per heavy atom. The number of ether oxygens (including phenoxy) is 2. The number of nitrogens with one attached hydrogen (secondary N) is 2. The molecule has 0 fully saturated rings. The summed E-state index contributed by atoms with van der Waals surface area (Å²) in [6.07, 6.45) is 3.07. The second-order valence-corrected chi connectivity index (χ2v) is 7.90. The van der Waals surface area contributed by atoms with E-state index in [9.17, 15) is 9.18 Å². The second kappa shape index (κ2) is 9.77. The number of aryl methyl sites for hydroxylation is 1. The van der Waals surface area contributed by atoms with Gasteiger partial charge in [0.05, 0.1) is 14.2 Å². The van der Waals surface area contributed by atoms with Crippen molar-refractivity contribution in [1.82, 2.24) is 4.98 Å². The van der Waals surface area contributed by atoms with Crippen molar-refractivity contribution in [2.45, 2.75) is 25.7 Å². The molecule has 3 aromatic carbocycles. The van der Waals surface area contributed by atoms with Crippen LogP contribution in [0.4, 0.5) is 10.1 Å². The van der Waals surface area contributed by atoms with E-state index in [0.717, 1.165) is 28.5 Å². The predicted molar refractivity (Wildman–Crippen MR) is 129 cm³/mol. The Bertz CT molecular complexity index is 1240. The molecule has 0 aliphatic rings. The van der Waals surface area contributed by atoms with Crippen LogP contribution >= 0.6 is 0 Å². The Labute approximate surface area is 192 Å². The summed E-state index contributed by atoms with van der Waals surface area (Å²) < 4.78 is 24.2. The first kappa shape index (κ1) is 22.4. The number of aromatic nitrogens is 1. The highest BCUT2D eigenvalue weighted by Gasteiger charge is 2.23. The van der Waals surface area contributed by atoms with Crippen LogP contribution in [0.3, 0.4) is 0 Å². The number of hydrogen-bond donors (Lipinski definition) is 2. The van der Waals surface area contributed by atoms with Crippen LogP contribution in [0.2, 0.25) is 0 Å². The number of aromatic amines is 1. The van der Waals surface area contributed by atoms with E-state index in [0.29, 0.717) is 17.2 Å². The molecule has 0 saturated carbocycles. The van der Waals surface area contributed by atoms with Gasteiger partial charge in [-0.25, -0.2) is 4.39 Å². The van der Waals surface area contributed by atoms with Crippen molar-refractivity contribution in [3.05, 3.63) is 89.4 Å². The molecule has 0 radical (unpaired) electrons. The fourth-order valence-electron chi connectivity index (χ4n) is 4.19. The Morgan fingerprint density at radius 3 is 2.36 bits per heavy atom. The summed E-state index contributed by atoms with van der Waals surface area (Å²) in [6, 6.07) is 17.6. The summed E-state index contributed by atoms with van der Waals surface area (Å²) in [7, 11) is 3.21. The van der Waals surface area contributed by atoms with E-state index in [-0.39, 0.29) is 24.1 Å². The van der Waals surface area contributed by atoms with Crippen LogP contribution in [0.25, 0.3) is 10.9 Å². The molecule has 0 saturated heterocycles. The van der Waals surface area contributed by atoms with Gasteiger partial charge >= 0.3 is 0 Å². The average molecular weight is 447 g/mol. The molecule has 0 spiro atoms. The van der Waals surface area contributed by atoms with Gasteiger partial charge in [0.2, 0.25) is 5.91 Å². The van der Waals surface area contributed by atoms with E-state index in [1.165, 1.54) is 17.7 Å². The van der Waals surface area contributed by atoms with Gasteiger partial charge in [-0.2, -0.15) is 0 Å². The molecule has 1 aromatic heterocycles. The Morgan fingerprint density at radius 1 is 1.03 bits per heavy atom. The molecule has 6 heteroatoms. The largest absolute Gasteiger partial charge is 0.497 e. The molecule has 0 aliphatic heterocycles. The smallest absolute Gasteiger partial charge is 0.225 e. The van der Waals surface area contributed by atoms with Crippen molar-refractivity contribution in [2.24, 2.45) is 0 Å². The number of carbonyl (C=O) groups excluding carboxylic acids is 1. The zero-order valence-corrected chi connectivity index (χ0v) is 18.9. The SMILES string of the molecule is CCc1cccc2c(C(CC(=O)Nc3ccc(F)cc3)c3cc(OC)cc(OC)c3)c[nH]c12. The standard InChI is InChI=1S/C27H27FN2O3/c1-4-17-6-5-7-23-25(16-29-27(17)23)24(18-12-21(32-2)14-22(13-18)33-3)15-26(31)30-20-10-8-19(28)9-11-20/h5-14,16,24,29H,4,15H2,1-3H3,(H,30,31). The monoisotopic (exact) mass is 446 g/mol. The molecule has 0 bridgehead atoms. The zero-order valence-electron chi connectivity index (χ0n) is 18.9. The lowest BCUT2D eigenvalue weighted by Gasteiger charge is -2.19. The number of amides is 1. The number of methoxy groups -OCH3 is 2. The third-order valence-corrected chi connectivity index (χ3v) is 5.88. The quantitative estimate of drug-likeness (QED) is 0.346. The minimum absolute atomic E-state index is 0.172. The van der Waals surface area contributed by atoms with Crippen molar-refractivity contribution in [2.75, 3.05) is 19.5 Å². The van der Waals surface area contributed by atoms with Crippen LogP contribution in [0.1, 0.15) is 36.0 Å². The second-order valence-electron chi connectivity index (χ2n) is 7.90. The first-order valence-electron chi connectivity index (χ1n) is 10.9. The molecule has 0 aliphatic carbocycles. The van der Waals surface area contributed by atoms with E-state index < -0.39 is 0 Å². The van der Waals surface area contributed by atoms with Gasteiger partial charge in [-0.1, -0.05) is 25.1 Å². The topological polar surface area (TPSA) is 63.4 Å². The van der Waals surface area contributed by atoms with Gasteiger partial charge in [0.15, 0.2) is 0 Å². The first-order chi connectivity index (χ1) is 16.0. The summed E-state index contributed by atoms with van der Waals surface area (Å²) in [5.74, 6) is 0.536. The zero-order chi connectivity index (χ0) is 23.4. The number of H-pyrrole nitrogens is 1. The lowest BCUT2D eigenvalue weighted by Crippen LogP contribution is -2.16. The maximum atomic E-state index is 13.3. The molecule has 5 nitrogen and oxygen atoms in total. The van der Waals surface area contributed by atoms with Gasteiger partial charge < -0.3 is 19.8 Å². The molecule has 1 amide bonds. The number of anilines is 1. The number of fused-ring (bicyclic) bond motifs is 1. The first-order valence-corrected chi connectivity index (χ1v) is 10.9. The van der Waals surface area contributed by atoms with Crippen molar-refractivity contribution >= 4 is 22.5 Å². The van der Waals surface area contributed by atoms with Crippen LogP contribution in [-0.2, 0) is 11.2 Å². The third kappa shape index (κ3) is 4.85. The summed E-state index contributed by atoms with van der Waals surface area (Å²) in [5, 5.41) is 3.96. The van der Waals surface area contributed by atoms with Gasteiger partial charge in [-0.3, -0.25) is 4.79 Å². The maximum Gasteiger partial charge on any atom is 0.225 e. The lowest BCUT2D eigenvalue weighted by atomic mass is 9.87. The summed E-state index contributed by atoms with van der Waals surface area (Å²) in [5.41, 5.74) is 4.77. The minimum Gasteiger partial charge on any atom is -0.497 e. The molecule has 1 heterocycles. The van der Waals surface area contributed by atoms with Gasteiger partial charge in [0.25, 0.3) is 0 Å². The summed E-state index contributed by atoms with van der Waals surface area (Å²) in [6.45, 7) is 2.12. The average Bonchev–Trinajstić information content (AvgIpc) is 3.27. The van der Waals surface area contributed by atoms with Gasteiger partial charge in [0, 0.05) is 41.2 Å². The number of carbonyl (C=O) groups is 1. The minimum atomic E-state index is -0.347. The molecular formula is C27H27FN2O3. The molecule has 33 heavy (non-hydrogen) atoms. The highest BCUT2D eigenvalue weighted by atomic mass is 19.1. The number of rotatable bonds is 8. The van der Waals surface area contributed by atoms with Crippen LogP contribution in [0.15, 0.2) is 66.9 Å². The van der Waals surface area contributed by atoms with Crippen LogP contribution in [0, 0.1) is 5.82 Å². The van der Waals surface area contributed by atoms with E-state index in [1.54, 1.807) is 26.4 Å². The number of benzene rings is 3. The fraction of sp³-hybridized carbons (Fsp3) is 0.222. The number of halogens is 1. The van der Waals surface area contributed by atoms with Gasteiger partial charge in [0.1, 0.15) is 17.3 Å². The third-order valence-electron chi connectivity index (χ3n) is 5.88. The Kier molecular flexibility index (Phi) is 6.63. The molecule has 1 atom stereocenters. The Hall–Kier alpha value is -3.80. The molecule has 170 valence electrons. The van der Waals surface area contributed by atoms with Crippen LogP contribution in [0.5, 0.6) is 11.5 Å². The van der Waals surface area contributed by atoms with Crippen molar-refractivity contribution < 1.29 is 18.7 Å². The molecule has 4 aromatic rings. The van der Waals surface area contributed by atoms with Gasteiger partial charge in [-0.15, -0.1) is 0 Å². The lowest BCUT2D eigenvalue weighted by molar-refractivity contribution is -0.116. The van der Waals surface area contributed by atoms with Crippen molar-refractivity contribution in [3.63, 3.8) is 0 Å². The fourth-order valence-corrected chi connectivity index (χ4v) is 4.19.